The van der Waals surface area contributed by atoms with Crippen molar-refractivity contribution in [3.05, 3.63) is 58.9 Å². The third-order valence-electron chi connectivity index (χ3n) is 5.44. The van der Waals surface area contributed by atoms with Gasteiger partial charge in [-0.2, -0.15) is 0 Å². The van der Waals surface area contributed by atoms with Gasteiger partial charge in [0.1, 0.15) is 5.82 Å². The minimum absolute atomic E-state index is 0.0937. The van der Waals surface area contributed by atoms with Gasteiger partial charge >= 0.3 is 0 Å². The summed E-state index contributed by atoms with van der Waals surface area (Å²) in [4.78, 5) is 0. The van der Waals surface area contributed by atoms with Gasteiger partial charge < -0.3 is 0 Å². The minimum Gasteiger partial charge on any atom is -0.206 e. The van der Waals surface area contributed by atoms with Gasteiger partial charge in [-0.15, -0.1) is 11.6 Å². The van der Waals surface area contributed by atoms with E-state index in [0.717, 1.165) is 42.5 Å². The Balaban J connectivity index is 2.18. The fourth-order valence-corrected chi connectivity index (χ4v) is 4.18. The van der Waals surface area contributed by atoms with E-state index < -0.39 is 12.2 Å². The zero-order valence-electron chi connectivity index (χ0n) is 14.5. The Labute approximate surface area is 152 Å². The highest BCUT2D eigenvalue weighted by molar-refractivity contribution is 6.17. The third-order valence-corrected chi connectivity index (χ3v) is 5.74. The maximum absolute atomic E-state index is 14.5. The number of rotatable bonds is 4. The SMILES string of the molecule is CC1(C)CCCC1c1cc(CCl)ccc1-c1cc(C(F)F)ccc1F. The number of hydrogen-bond acceptors (Lipinski definition) is 0. The van der Waals surface area contributed by atoms with Crippen LogP contribution in [0.15, 0.2) is 36.4 Å². The summed E-state index contributed by atoms with van der Waals surface area (Å²) in [5.74, 6) is 0.167. The second-order valence-electron chi connectivity index (χ2n) is 7.53. The molecule has 0 nitrogen and oxygen atoms in total. The van der Waals surface area contributed by atoms with Crippen LogP contribution < -0.4 is 0 Å². The number of alkyl halides is 3. The molecule has 1 aliphatic rings. The molecule has 0 aliphatic heterocycles. The van der Waals surface area contributed by atoms with Gasteiger partial charge in [0.15, 0.2) is 0 Å². The first-order chi connectivity index (χ1) is 11.8. The van der Waals surface area contributed by atoms with Crippen LogP contribution in [-0.4, -0.2) is 0 Å². The second kappa shape index (κ2) is 7.03. The zero-order chi connectivity index (χ0) is 18.2. The monoisotopic (exact) mass is 366 g/mol. The van der Waals surface area contributed by atoms with Crippen LogP contribution >= 0.6 is 11.6 Å². The summed E-state index contributed by atoms with van der Waals surface area (Å²) in [5.41, 5.74) is 2.87. The summed E-state index contributed by atoms with van der Waals surface area (Å²) in [6.07, 6.45) is 0.610. The van der Waals surface area contributed by atoms with Crippen molar-refractivity contribution in [2.75, 3.05) is 0 Å². The summed E-state index contributed by atoms with van der Waals surface area (Å²) in [5, 5.41) is 0. The number of hydrogen-bond donors (Lipinski definition) is 0. The summed E-state index contributed by atoms with van der Waals surface area (Å²) < 4.78 is 40.7. The van der Waals surface area contributed by atoms with E-state index in [2.05, 4.69) is 13.8 Å². The van der Waals surface area contributed by atoms with Crippen molar-refractivity contribution < 1.29 is 13.2 Å². The minimum atomic E-state index is -2.62. The maximum Gasteiger partial charge on any atom is 0.263 e. The Bertz CT molecular complexity index is 768. The Morgan fingerprint density at radius 3 is 2.48 bits per heavy atom. The molecular formula is C21H22ClF3. The fraction of sp³-hybridized carbons (Fsp3) is 0.429. The van der Waals surface area contributed by atoms with E-state index in [4.69, 9.17) is 11.6 Å². The van der Waals surface area contributed by atoms with Crippen LogP contribution in [0, 0.1) is 11.2 Å². The highest BCUT2D eigenvalue weighted by Gasteiger charge is 2.37. The zero-order valence-corrected chi connectivity index (χ0v) is 15.2. The third kappa shape index (κ3) is 3.57. The van der Waals surface area contributed by atoms with Crippen LogP contribution in [0.2, 0.25) is 0 Å². The quantitative estimate of drug-likeness (QED) is 0.492. The standard InChI is InChI=1S/C21H22ClF3/c1-21(2)9-3-4-18(21)16-10-13(12-22)5-7-15(16)17-11-14(20(24)25)6-8-19(17)23/h5-8,10-11,18,20H,3-4,9,12H2,1-2H3. The predicted octanol–water partition coefficient (Wildman–Crippen LogP) is 7.46. The van der Waals surface area contributed by atoms with Crippen LogP contribution in [0.3, 0.4) is 0 Å². The molecule has 3 rings (SSSR count). The van der Waals surface area contributed by atoms with Crippen LogP contribution in [0.4, 0.5) is 13.2 Å². The van der Waals surface area contributed by atoms with E-state index in [9.17, 15) is 13.2 Å². The lowest BCUT2D eigenvalue weighted by molar-refractivity contribution is 0.151. The molecule has 0 radical (unpaired) electrons. The average Bonchev–Trinajstić information content (AvgIpc) is 2.93. The molecule has 0 N–H and O–H groups in total. The molecule has 0 saturated heterocycles. The lowest BCUT2D eigenvalue weighted by Gasteiger charge is -2.30. The molecule has 25 heavy (non-hydrogen) atoms. The van der Waals surface area contributed by atoms with Crippen LogP contribution in [-0.2, 0) is 5.88 Å². The highest BCUT2D eigenvalue weighted by atomic mass is 35.5. The molecule has 1 atom stereocenters. The van der Waals surface area contributed by atoms with Gasteiger partial charge in [-0.3, -0.25) is 0 Å². The van der Waals surface area contributed by atoms with Crippen LogP contribution in [0.1, 0.15) is 62.1 Å². The number of halogens is 4. The van der Waals surface area contributed by atoms with Crippen LogP contribution in [0.5, 0.6) is 0 Å². The van der Waals surface area contributed by atoms with Gasteiger partial charge in [0.05, 0.1) is 0 Å². The van der Waals surface area contributed by atoms with Crippen molar-refractivity contribution >= 4 is 11.6 Å². The van der Waals surface area contributed by atoms with Crippen molar-refractivity contribution in [1.82, 2.24) is 0 Å². The largest absolute Gasteiger partial charge is 0.263 e. The maximum atomic E-state index is 14.5. The number of benzene rings is 2. The van der Waals surface area contributed by atoms with E-state index in [1.165, 1.54) is 6.07 Å². The van der Waals surface area contributed by atoms with Crippen LogP contribution in [0.25, 0.3) is 11.1 Å². The summed E-state index contributed by atoms with van der Waals surface area (Å²) in [6.45, 7) is 4.43. The van der Waals surface area contributed by atoms with Gasteiger partial charge in [-0.25, -0.2) is 13.2 Å². The van der Waals surface area contributed by atoms with Crippen molar-refractivity contribution in [1.29, 1.82) is 0 Å². The summed E-state index contributed by atoms with van der Waals surface area (Å²) in [6, 6.07) is 9.26. The Kier molecular flexibility index (Phi) is 5.15. The van der Waals surface area contributed by atoms with Gasteiger partial charge in [0.2, 0.25) is 0 Å². The molecule has 0 spiro atoms. The molecule has 1 unspecified atom stereocenters. The predicted molar refractivity (Wildman–Crippen MR) is 96.7 cm³/mol. The lowest BCUT2D eigenvalue weighted by atomic mass is 9.75. The molecule has 2 aromatic rings. The van der Waals surface area contributed by atoms with Crippen molar-refractivity contribution in [2.45, 2.75) is 51.3 Å². The molecule has 134 valence electrons. The molecule has 0 aromatic heterocycles. The van der Waals surface area contributed by atoms with Crippen molar-refractivity contribution in [3.63, 3.8) is 0 Å². The molecule has 0 heterocycles. The molecule has 0 bridgehead atoms. The topological polar surface area (TPSA) is 0 Å². The van der Waals surface area contributed by atoms with Gasteiger partial charge in [0.25, 0.3) is 6.43 Å². The summed E-state index contributed by atoms with van der Waals surface area (Å²) in [7, 11) is 0. The molecular weight excluding hydrogens is 345 g/mol. The molecule has 4 heteroatoms. The molecule has 1 fully saturated rings. The summed E-state index contributed by atoms with van der Waals surface area (Å²) >= 11 is 6.00. The second-order valence-corrected chi connectivity index (χ2v) is 7.80. The van der Waals surface area contributed by atoms with E-state index in [1.807, 2.05) is 18.2 Å². The Morgan fingerprint density at radius 2 is 1.88 bits per heavy atom. The fourth-order valence-electron chi connectivity index (χ4n) is 4.02. The average molecular weight is 367 g/mol. The first-order valence-electron chi connectivity index (χ1n) is 8.60. The smallest absolute Gasteiger partial charge is 0.206 e. The van der Waals surface area contributed by atoms with E-state index in [0.29, 0.717) is 11.4 Å². The van der Waals surface area contributed by atoms with E-state index in [-0.39, 0.29) is 22.5 Å². The first-order valence-corrected chi connectivity index (χ1v) is 9.13. The van der Waals surface area contributed by atoms with Gasteiger partial charge in [-0.1, -0.05) is 44.5 Å². The van der Waals surface area contributed by atoms with Gasteiger partial charge in [0, 0.05) is 17.0 Å². The highest BCUT2D eigenvalue weighted by Crippen LogP contribution is 2.51. The van der Waals surface area contributed by atoms with E-state index in [1.54, 1.807) is 0 Å². The normalized spacial score (nSPS) is 19.6. The lowest BCUT2D eigenvalue weighted by Crippen LogP contribution is -2.16. The molecule has 0 amide bonds. The molecule has 1 aliphatic carbocycles. The van der Waals surface area contributed by atoms with Crippen molar-refractivity contribution in [2.24, 2.45) is 5.41 Å². The molecule has 2 aromatic carbocycles. The van der Waals surface area contributed by atoms with E-state index >= 15 is 0 Å². The first kappa shape index (κ1) is 18.3. The Morgan fingerprint density at radius 1 is 1.12 bits per heavy atom. The van der Waals surface area contributed by atoms with Gasteiger partial charge in [-0.05, 0) is 53.0 Å². The Hall–Kier alpha value is -1.48. The molecule has 1 saturated carbocycles. The van der Waals surface area contributed by atoms with Crippen molar-refractivity contribution in [3.8, 4) is 11.1 Å².